The van der Waals surface area contributed by atoms with Crippen molar-refractivity contribution in [3.8, 4) is 0 Å². The van der Waals surface area contributed by atoms with Gasteiger partial charge in [-0.3, -0.25) is 9.69 Å². The first kappa shape index (κ1) is 17.4. The molecule has 0 aromatic rings. The quantitative estimate of drug-likeness (QED) is 0.654. The number of hydrogen-bond acceptors (Lipinski definition) is 3. The van der Waals surface area contributed by atoms with Crippen LogP contribution in [-0.2, 0) is 9.53 Å². The van der Waals surface area contributed by atoms with Crippen LogP contribution in [0.15, 0.2) is 0 Å². The smallest absolute Gasteiger partial charge is 0.320 e. The SMILES string of the molecule is CCC(C)(CC)CCN(C)CC(=O)OC(C)(C)C. The van der Waals surface area contributed by atoms with Crippen LogP contribution < -0.4 is 0 Å². The molecule has 0 aliphatic heterocycles. The van der Waals surface area contributed by atoms with Gasteiger partial charge in [-0.15, -0.1) is 0 Å². The van der Waals surface area contributed by atoms with E-state index in [4.69, 9.17) is 4.74 Å². The summed E-state index contributed by atoms with van der Waals surface area (Å²) in [4.78, 5) is 13.7. The molecule has 0 rings (SSSR count). The molecule has 0 amide bonds. The number of hydrogen-bond donors (Lipinski definition) is 0. The number of esters is 1. The molecule has 108 valence electrons. The van der Waals surface area contributed by atoms with Crippen LogP contribution >= 0.6 is 0 Å². The molecule has 3 heteroatoms. The first-order valence-electron chi connectivity index (χ1n) is 7.02. The summed E-state index contributed by atoms with van der Waals surface area (Å²) in [5.74, 6) is -0.139. The standard InChI is InChI=1S/C15H31NO2/c1-8-15(6,9-2)10-11-16(7)12-13(17)18-14(3,4)5/h8-12H2,1-7H3. The topological polar surface area (TPSA) is 29.5 Å². The van der Waals surface area contributed by atoms with Gasteiger partial charge in [0.2, 0.25) is 0 Å². The first-order chi connectivity index (χ1) is 8.12. The number of nitrogens with zero attached hydrogens (tertiary/aromatic N) is 1. The molecule has 0 aromatic heterocycles. The highest BCUT2D eigenvalue weighted by molar-refractivity contribution is 5.72. The van der Waals surface area contributed by atoms with E-state index in [0.717, 1.165) is 13.0 Å². The third-order valence-electron chi connectivity index (χ3n) is 3.62. The molecule has 0 N–H and O–H groups in total. The zero-order valence-corrected chi connectivity index (χ0v) is 13.3. The lowest BCUT2D eigenvalue weighted by atomic mass is 9.81. The zero-order chi connectivity index (χ0) is 14.4. The Balaban J connectivity index is 4.05. The van der Waals surface area contributed by atoms with E-state index in [-0.39, 0.29) is 11.6 Å². The van der Waals surface area contributed by atoms with Crippen molar-refractivity contribution in [3.05, 3.63) is 0 Å². The average Bonchev–Trinajstić information content (AvgIpc) is 2.23. The fourth-order valence-corrected chi connectivity index (χ4v) is 1.74. The van der Waals surface area contributed by atoms with Crippen molar-refractivity contribution >= 4 is 5.97 Å². The molecule has 18 heavy (non-hydrogen) atoms. The van der Waals surface area contributed by atoms with Crippen LogP contribution in [-0.4, -0.2) is 36.6 Å². The molecule has 0 atom stereocenters. The van der Waals surface area contributed by atoms with Gasteiger partial charge >= 0.3 is 5.97 Å². The van der Waals surface area contributed by atoms with Crippen molar-refractivity contribution in [1.82, 2.24) is 4.90 Å². The highest BCUT2D eigenvalue weighted by Gasteiger charge is 2.21. The molecule has 0 aliphatic carbocycles. The number of carbonyl (C=O) groups excluding carboxylic acids is 1. The van der Waals surface area contributed by atoms with Crippen molar-refractivity contribution in [2.75, 3.05) is 20.1 Å². The lowest BCUT2D eigenvalue weighted by Gasteiger charge is -2.29. The van der Waals surface area contributed by atoms with Crippen LogP contribution in [0.5, 0.6) is 0 Å². The minimum atomic E-state index is -0.390. The van der Waals surface area contributed by atoms with E-state index in [9.17, 15) is 4.79 Å². The summed E-state index contributed by atoms with van der Waals surface area (Å²) >= 11 is 0. The predicted molar refractivity (Wildman–Crippen MR) is 76.6 cm³/mol. The molecule has 3 nitrogen and oxygen atoms in total. The number of likely N-dealkylation sites (N-methyl/N-ethyl adjacent to an activating group) is 1. The predicted octanol–water partition coefficient (Wildman–Crippen LogP) is 3.48. The molecular formula is C15H31NO2. The molecule has 0 bridgehead atoms. The van der Waals surface area contributed by atoms with Gasteiger partial charge in [-0.2, -0.15) is 0 Å². The molecule has 0 radical (unpaired) electrons. The molecule has 0 aliphatic rings. The third kappa shape index (κ3) is 7.70. The summed E-state index contributed by atoms with van der Waals surface area (Å²) in [6.45, 7) is 13.8. The van der Waals surface area contributed by atoms with Crippen LogP contribution in [0, 0.1) is 5.41 Å². The summed E-state index contributed by atoms with van der Waals surface area (Å²) in [7, 11) is 1.98. The number of rotatable bonds is 7. The number of carbonyl (C=O) groups is 1. The van der Waals surface area contributed by atoms with Gasteiger partial charge in [0, 0.05) is 0 Å². The van der Waals surface area contributed by atoms with E-state index in [0.29, 0.717) is 12.0 Å². The van der Waals surface area contributed by atoms with E-state index in [2.05, 4.69) is 25.7 Å². The van der Waals surface area contributed by atoms with Crippen molar-refractivity contribution in [2.24, 2.45) is 5.41 Å². The lowest BCUT2D eigenvalue weighted by molar-refractivity contribution is -0.155. The Bertz CT molecular complexity index is 252. The Morgan fingerprint density at radius 3 is 2.00 bits per heavy atom. The van der Waals surface area contributed by atoms with Gasteiger partial charge < -0.3 is 4.74 Å². The molecule has 0 spiro atoms. The van der Waals surface area contributed by atoms with E-state index >= 15 is 0 Å². The van der Waals surface area contributed by atoms with Crippen LogP contribution in [0.3, 0.4) is 0 Å². The van der Waals surface area contributed by atoms with Gasteiger partial charge in [-0.25, -0.2) is 0 Å². The molecule has 0 fully saturated rings. The molecule has 0 saturated heterocycles. The third-order valence-corrected chi connectivity index (χ3v) is 3.62. The molecule has 0 heterocycles. The van der Waals surface area contributed by atoms with Crippen molar-refractivity contribution in [2.45, 2.75) is 66.4 Å². The van der Waals surface area contributed by atoms with Gasteiger partial charge in [0.25, 0.3) is 0 Å². The molecule has 0 saturated carbocycles. The van der Waals surface area contributed by atoms with Crippen molar-refractivity contribution < 1.29 is 9.53 Å². The highest BCUT2D eigenvalue weighted by atomic mass is 16.6. The van der Waals surface area contributed by atoms with Crippen LogP contribution in [0.1, 0.15) is 60.8 Å². The van der Waals surface area contributed by atoms with Crippen LogP contribution in [0.25, 0.3) is 0 Å². The summed E-state index contributed by atoms with van der Waals surface area (Å²) in [5.41, 5.74) is 0.00146. The molecular weight excluding hydrogens is 226 g/mol. The molecule has 0 unspecified atom stereocenters. The second-order valence-electron chi connectivity index (χ2n) is 6.59. The fraction of sp³-hybridized carbons (Fsp3) is 0.933. The van der Waals surface area contributed by atoms with Gasteiger partial charge in [0.1, 0.15) is 5.60 Å². The van der Waals surface area contributed by atoms with Crippen LogP contribution in [0.4, 0.5) is 0 Å². The van der Waals surface area contributed by atoms with E-state index in [1.54, 1.807) is 0 Å². The maximum absolute atomic E-state index is 11.7. The first-order valence-corrected chi connectivity index (χ1v) is 7.02. The van der Waals surface area contributed by atoms with E-state index in [1.807, 2.05) is 27.8 Å². The minimum absolute atomic E-state index is 0.139. The Morgan fingerprint density at radius 2 is 1.61 bits per heavy atom. The maximum Gasteiger partial charge on any atom is 0.320 e. The second-order valence-corrected chi connectivity index (χ2v) is 6.59. The normalized spacial score (nSPS) is 12.9. The highest BCUT2D eigenvalue weighted by Crippen LogP contribution is 2.29. The van der Waals surface area contributed by atoms with E-state index in [1.165, 1.54) is 12.8 Å². The van der Waals surface area contributed by atoms with Gasteiger partial charge in [0.15, 0.2) is 0 Å². The Hall–Kier alpha value is -0.570. The zero-order valence-electron chi connectivity index (χ0n) is 13.3. The Labute approximate surface area is 113 Å². The van der Waals surface area contributed by atoms with Crippen LogP contribution in [0.2, 0.25) is 0 Å². The monoisotopic (exact) mass is 257 g/mol. The van der Waals surface area contributed by atoms with Crippen molar-refractivity contribution in [1.29, 1.82) is 0 Å². The largest absolute Gasteiger partial charge is 0.459 e. The van der Waals surface area contributed by atoms with Crippen molar-refractivity contribution in [3.63, 3.8) is 0 Å². The summed E-state index contributed by atoms with van der Waals surface area (Å²) in [6, 6.07) is 0. The van der Waals surface area contributed by atoms with Gasteiger partial charge in [-0.05, 0) is 46.2 Å². The Kier molecular flexibility index (Phi) is 6.90. The van der Waals surface area contributed by atoms with E-state index < -0.39 is 0 Å². The fourth-order valence-electron chi connectivity index (χ4n) is 1.74. The van der Waals surface area contributed by atoms with Gasteiger partial charge in [-0.1, -0.05) is 33.6 Å². The lowest BCUT2D eigenvalue weighted by Crippen LogP contribution is -2.34. The number of ether oxygens (including phenoxy) is 1. The second kappa shape index (κ2) is 7.13. The maximum atomic E-state index is 11.7. The Morgan fingerprint density at radius 1 is 1.11 bits per heavy atom. The minimum Gasteiger partial charge on any atom is -0.459 e. The summed E-state index contributed by atoms with van der Waals surface area (Å²) in [6.07, 6.45) is 3.49. The average molecular weight is 257 g/mol. The van der Waals surface area contributed by atoms with Gasteiger partial charge in [0.05, 0.1) is 6.54 Å². The molecule has 0 aromatic carbocycles. The summed E-state index contributed by atoms with van der Waals surface area (Å²) in [5, 5.41) is 0. The summed E-state index contributed by atoms with van der Waals surface area (Å²) < 4.78 is 5.31.